The predicted molar refractivity (Wildman–Crippen MR) is 102 cm³/mol. The molecule has 0 aromatic heterocycles. The standard InChI is InChI=1S/C20H22S2/c1-15(17-7-5-4-6-8-17)11-16-9-10-18-19(12-16)22-14-20(2,3)13-21-18/h4-12H,13-14H2,1-3H3/b15-11+. The molecule has 2 aromatic rings. The van der Waals surface area contributed by atoms with Crippen molar-refractivity contribution in [3.8, 4) is 0 Å². The Kier molecular flexibility index (Phi) is 4.70. The van der Waals surface area contributed by atoms with Gasteiger partial charge in [-0.1, -0.05) is 56.3 Å². The van der Waals surface area contributed by atoms with E-state index in [0.29, 0.717) is 5.41 Å². The highest BCUT2D eigenvalue weighted by Gasteiger charge is 2.23. The fourth-order valence-corrected chi connectivity index (χ4v) is 5.04. The highest BCUT2D eigenvalue weighted by Crippen LogP contribution is 2.42. The van der Waals surface area contributed by atoms with Crippen molar-refractivity contribution in [2.45, 2.75) is 30.6 Å². The molecule has 0 saturated carbocycles. The Hall–Kier alpha value is -1.12. The summed E-state index contributed by atoms with van der Waals surface area (Å²) in [6, 6.07) is 17.5. The highest BCUT2D eigenvalue weighted by molar-refractivity contribution is 8.03. The molecule has 0 nitrogen and oxygen atoms in total. The van der Waals surface area contributed by atoms with E-state index in [1.807, 2.05) is 23.5 Å². The Labute approximate surface area is 142 Å². The quantitative estimate of drug-likeness (QED) is 0.580. The van der Waals surface area contributed by atoms with Gasteiger partial charge in [-0.05, 0) is 41.2 Å². The van der Waals surface area contributed by atoms with Gasteiger partial charge in [0.15, 0.2) is 0 Å². The molecule has 0 N–H and O–H groups in total. The number of hydrogen-bond acceptors (Lipinski definition) is 2. The maximum atomic E-state index is 2.36. The molecule has 0 saturated heterocycles. The lowest BCUT2D eigenvalue weighted by atomic mass is 10.0. The molecule has 0 spiro atoms. The second kappa shape index (κ2) is 6.55. The molecule has 0 atom stereocenters. The average Bonchev–Trinajstić information content (AvgIpc) is 2.67. The summed E-state index contributed by atoms with van der Waals surface area (Å²) in [5.41, 5.74) is 4.31. The molecule has 2 heteroatoms. The van der Waals surface area contributed by atoms with Gasteiger partial charge in [0.1, 0.15) is 0 Å². The van der Waals surface area contributed by atoms with E-state index in [0.717, 1.165) is 0 Å². The number of allylic oxidation sites excluding steroid dienone is 1. The van der Waals surface area contributed by atoms with Gasteiger partial charge in [-0.25, -0.2) is 0 Å². The van der Waals surface area contributed by atoms with Gasteiger partial charge in [0.25, 0.3) is 0 Å². The van der Waals surface area contributed by atoms with E-state index >= 15 is 0 Å². The molecule has 1 aliphatic rings. The SMILES string of the molecule is C/C(=C\c1ccc2c(c1)SCC(C)(C)CS2)c1ccccc1. The lowest BCUT2D eigenvalue weighted by Gasteiger charge is -2.19. The maximum Gasteiger partial charge on any atom is 0.0214 e. The van der Waals surface area contributed by atoms with Crippen molar-refractivity contribution in [3.05, 3.63) is 59.7 Å². The van der Waals surface area contributed by atoms with Crippen LogP contribution in [-0.2, 0) is 0 Å². The fraction of sp³-hybridized carbons (Fsp3) is 0.300. The first-order valence-corrected chi connectivity index (χ1v) is 9.64. The number of rotatable bonds is 2. The first-order valence-electron chi connectivity index (χ1n) is 7.67. The third kappa shape index (κ3) is 3.80. The Morgan fingerprint density at radius 1 is 0.955 bits per heavy atom. The molecule has 0 fully saturated rings. The summed E-state index contributed by atoms with van der Waals surface area (Å²) < 4.78 is 0. The summed E-state index contributed by atoms with van der Waals surface area (Å²) in [4.78, 5) is 2.87. The molecule has 3 rings (SSSR count). The van der Waals surface area contributed by atoms with Crippen LogP contribution in [0.1, 0.15) is 31.9 Å². The van der Waals surface area contributed by atoms with Gasteiger partial charge in [0.05, 0.1) is 0 Å². The van der Waals surface area contributed by atoms with Crippen molar-refractivity contribution >= 4 is 35.2 Å². The van der Waals surface area contributed by atoms with E-state index in [9.17, 15) is 0 Å². The number of benzene rings is 2. The van der Waals surface area contributed by atoms with Crippen LogP contribution < -0.4 is 0 Å². The lowest BCUT2D eigenvalue weighted by molar-refractivity contribution is 0.493. The van der Waals surface area contributed by atoms with Crippen LogP contribution in [0.25, 0.3) is 11.6 Å². The van der Waals surface area contributed by atoms with Crippen molar-refractivity contribution in [1.29, 1.82) is 0 Å². The van der Waals surface area contributed by atoms with E-state index in [1.165, 1.54) is 38.0 Å². The third-order valence-corrected chi connectivity index (χ3v) is 7.11. The first-order chi connectivity index (χ1) is 10.5. The normalized spacial score (nSPS) is 17.7. The van der Waals surface area contributed by atoms with Crippen LogP contribution >= 0.6 is 23.5 Å². The van der Waals surface area contributed by atoms with Gasteiger partial charge in [-0.3, -0.25) is 0 Å². The third-order valence-electron chi connectivity index (χ3n) is 3.82. The van der Waals surface area contributed by atoms with Crippen LogP contribution in [0, 0.1) is 5.41 Å². The zero-order valence-corrected chi connectivity index (χ0v) is 15.1. The molecule has 0 bridgehead atoms. The fourth-order valence-electron chi connectivity index (χ4n) is 2.47. The smallest absolute Gasteiger partial charge is 0.0214 e. The van der Waals surface area contributed by atoms with Gasteiger partial charge < -0.3 is 0 Å². The molecule has 114 valence electrons. The molecule has 1 heterocycles. The molecule has 0 radical (unpaired) electrons. The number of fused-ring (bicyclic) bond motifs is 1. The van der Waals surface area contributed by atoms with Crippen LogP contribution in [0.15, 0.2) is 58.3 Å². The monoisotopic (exact) mass is 326 g/mol. The van der Waals surface area contributed by atoms with Gasteiger partial charge in [0, 0.05) is 21.3 Å². The van der Waals surface area contributed by atoms with Crippen molar-refractivity contribution in [3.63, 3.8) is 0 Å². The van der Waals surface area contributed by atoms with Crippen molar-refractivity contribution in [1.82, 2.24) is 0 Å². The lowest BCUT2D eigenvalue weighted by Crippen LogP contribution is -2.16. The van der Waals surface area contributed by atoms with Crippen LogP contribution in [0.4, 0.5) is 0 Å². The van der Waals surface area contributed by atoms with Gasteiger partial charge >= 0.3 is 0 Å². The minimum atomic E-state index is 0.407. The second-order valence-electron chi connectivity index (χ2n) is 6.64. The van der Waals surface area contributed by atoms with Crippen LogP contribution in [0.5, 0.6) is 0 Å². The predicted octanol–water partition coefficient (Wildman–Crippen LogP) is 6.47. The Morgan fingerprint density at radius 3 is 2.36 bits per heavy atom. The summed E-state index contributed by atoms with van der Waals surface area (Å²) in [6.07, 6.45) is 2.29. The van der Waals surface area contributed by atoms with Crippen molar-refractivity contribution < 1.29 is 0 Å². The Bertz CT molecular complexity index is 684. The molecular weight excluding hydrogens is 304 g/mol. The molecule has 0 amide bonds. The van der Waals surface area contributed by atoms with Gasteiger partial charge in [-0.2, -0.15) is 0 Å². The van der Waals surface area contributed by atoms with Crippen LogP contribution in [0.3, 0.4) is 0 Å². The van der Waals surface area contributed by atoms with Gasteiger partial charge in [-0.15, -0.1) is 23.5 Å². The van der Waals surface area contributed by atoms with Crippen molar-refractivity contribution in [2.75, 3.05) is 11.5 Å². The highest BCUT2D eigenvalue weighted by atomic mass is 32.2. The minimum absolute atomic E-state index is 0.407. The van der Waals surface area contributed by atoms with E-state index in [4.69, 9.17) is 0 Å². The molecule has 1 aliphatic heterocycles. The minimum Gasteiger partial charge on any atom is -0.124 e. The van der Waals surface area contributed by atoms with Crippen molar-refractivity contribution in [2.24, 2.45) is 5.41 Å². The first kappa shape index (κ1) is 15.8. The maximum absolute atomic E-state index is 2.36. The summed E-state index contributed by atoms with van der Waals surface area (Å²) in [7, 11) is 0. The molecule has 22 heavy (non-hydrogen) atoms. The van der Waals surface area contributed by atoms with E-state index in [2.05, 4.69) is 75.4 Å². The zero-order chi connectivity index (χ0) is 15.6. The van der Waals surface area contributed by atoms with Gasteiger partial charge in [0.2, 0.25) is 0 Å². The molecule has 0 aliphatic carbocycles. The summed E-state index contributed by atoms with van der Waals surface area (Å²) in [5.74, 6) is 2.39. The molecule has 0 unspecified atom stereocenters. The summed E-state index contributed by atoms with van der Waals surface area (Å²) >= 11 is 4.00. The van der Waals surface area contributed by atoms with E-state index < -0.39 is 0 Å². The topological polar surface area (TPSA) is 0 Å². The Balaban J connectivity index is 1.87. The summed E-state index contributed by atoms with van der Waals surface area (Å²) in [5, 5.41) is 0. The number of thioether (sulfide) groups is 2. The second-order valence-corrected chi connectivity index (χ2v) is 8.68. The number of hydrogen-bond donors (Lipinski definition) is 0. The largest absolute Gasteiger partial charge is 0.124 e. The average molecular weight is 327 g/mol. The Morgan fingerprint density at radius 2 is 1.64 bits per heavy atom. The molecule has 2 aromatic carbocycles. The van der Waals surface area contributed by atoms with Crippen LogP contribution in [0.2, 0.25) is 0 Å². The van der Waals surface area contributed by atoms with E-state index in [1.54, 1.807) is 0 Å². The van der Waals surface area contributed by atoms with E-state index in [-0.39, 0.29) is 0 Å². The zero-order valence-electron chi connectivity index (χ0n) is 13.4. The molecular formula is C20H22S2. The van der Waals surface area contributed by atoms with Crippen LogP contribution in [-0.4, -0.2) is 11.5 Å². The summed E-state index contributed by atoms with van der Waals surface area (Å²) in [6.45, 7) is 6.91.